The lowest BCUT2D eigenvalue weighted by molar-refractivity contribution is -0.141. The summed E-state index contributed by atoms with van der Waals surface area (Å²) in [5.41, 5.74) is 11.6. The summed E-state index contributed by atoms with van der Waals surface area (Å²) in [7, 11) is 0. The number of rotatable bonds is 17. The first-order valence-electron chi connectivity index (χ1n) is 26.7. The van der Waals surface area contributed by atoms with Crippen LogP contribution in [0.2, 0.25) is 0 Å². The first-order chi connectivity index (χ1) is 38.3. The number of anilines is 3. The highest BCUT2D eigenvalue weighted by Crippen LogP contribution is 2.41. The second-order valence-electron chi connectivity index (χ2n) is 20.9. The lowest BCUT2D eigenvalue weighted by Gasteiger charge is -2.43. The number of nitrogens with two attached hydrogens (primary N) is 1. The van der Waals surface area contributed by atoms with Crippen LogP contribution in [0.3, 0.4) is 0 Å². The maximum atomic E-state index is 14.2. The van der Waals surface area contributed by atoms with Crippen molar-refractivity contribution in [1.29, 1.82) is 0 Å². The highest BCUT2D eigenvalue weighted by molar-refractivity contribution is 5.91. The Morgan fingerprint density at radius 2 is 1.65 bits per heavy atom. The van der Waals surface area contributed by atoms with Crippen molar-refractivity contribution in [3.63, 3.8) is 0 Å². The zero-order valence-corrected chi connectivity index (χ0v) is 44.0. The molecule has 8 heterocycles. The molecule has 0 radical (unpaired) electrons. The van der Waals surface area contributed by atoms with Crippen LogP contribution in [-0.4, -0.2) is 130 Å². The van der Waals surface area contributed by atoms with Gasteiger partial charge in [0.05, 0.1) is 29.7 Å². The van der Waals surface area contributed by atoms with Crippen LogP contribution in [0.1, 0.15) is 87.7 Å². The second-order valence-corrected chi connectivity index (χ2v) is 20.9. The maximum absolute atomic E-state index is 14.2. The molecule has 1 aliphatic carbocycles. The van der Waals surface area contributed by atoms with E-state index in [1.807, 2.05) is 81.4 Å². The molecule has 21 nitrogen and oxygen atoms in total. The zero-order chi connectivity index (χ0) is 54.7. The van der Waals surface area contributed by atoms with Gasteiger partial charge in [-0.3, -0.25) is 9.59 Å². The smallest absolute Gasteiger partial charge is 0.255 e. The molecule has 3 saturated heterocycles. The number of nitrogen functional groups attached to an aromatic ring is 1. The Balaban J connectivity index is 0.627. The maximum Gasteiger partial charge on any atom is 0.255 e. The fraction of sp³-hybridized carbons (Fsp3) is 0.379. The molecule has 2 unspecified atom stereocenters. The molecule has 6 N–H and O–H groups in total. The first kappa shape index (κ1) is 52.3. The number of fused-ring (bicyclic) bond motifs is 2. The summed E-state index contributed by atoms with van der Waals surface area (Å²) in [6.07, 6.45) is 9.46. The number of para-hydroxylation sites is 1. The SMILES string of the molecule is CC(C)[C@H](C(=O)N1C[C@H](O)C[C@H]1C(=O)N[C@@H](C)c1ccc(-n2ccnc2CO)cc1)c1cc(OCC#Cc2ccc(O[C@H]3C[C@H](Oc4cc(N5C6CCC5CN(c5cc(-c7ccccc7O)nnc5N)C6)ccn4)C3)cn2)no1. The number of hydrogen-bond acceptors (Lipinski definition) is 18. The standard InChI is InChI=1S/C58H62N12O9/c1-34(2)55(58(75)69-32-42(72)24-49(69)57(74)63-35(3)36-10-13-38(14-11-36)68-21-20-60-52(68)33-71)51-28-54(66-79-51)76-22-6-7-37-12-17-43(29-62-37)77-44-25-45(26-44)78-53-23-39(18-19-61-53)70-40-15-16-41(70)31-67(30-40)48-27-47(64-65-56(48)59)46-8-4-5-9-50(46)73/h4-5,8-14,17-21,23,27-29,34-35,40-42,44-45,49,55,71-73H,15-16,22,24-26,30-33H2,1-3H3,(H2,59,65)(H,63,74)/t35-,40?,41?,42+,44-,45-,49-,55-/m0/s1. The summed E-state index contributed by atoms with van der Waals surface area (Å²) in [6, 6.07) is 25.0. The number of piperazine rings is 1. The molecule has 408 valence electrons. The third kappa shape index (κ3) is 11.3. The van der Waals surface area contributed by atoms with Crippen molar-refractivity contribution in [2.75, 3.05) is 41.8 Å². The number of carbonyl (C=O) groups is 2. The van der Waals surface area contributed by atoms with E-state index in [0.717, 1.165) is 48.6 Å². The molecule has 3 aliphatic heterocycles. The number of aliphatic hydroxyl groups excluding tert-OH is 2. The number of nitrogens with zero attached hydrogens (tertiary/aromatic N) is 10. The molecular weight excluding hydrogens is 1010 g/mol. The summed E-state index contributed by atoms with van der Waals surface area (Å²) >= 11 is 0. The quantitative estimate of drug-likeness (QED) is 0.0680. The van der Waals surface area contributed by atoms with Crippen molar-refractivity contribution in [1.82, 2.24) is 45.1 Å². The van der Waals surface area contributed by atoms with Crippen LogP contribution in [0.25, 0.3) is 16.9 Å². The number of carbonyl (C=O) groups excluding carboxylic acids is 2. The van der Waals surface area contributed by atoms with Crippen LogP contribution < -0.4 is 35.1 Å². The van der Waals surface area contributed by atoms with Crippen molar-refractivity contribution in [2.24, 2.45) is 5.92 Å². The van der Waals surface area contributed by atoms with E-state index in [4.69, 9.17) is 24.5 Å². The van der Waals surface area contributed by atoms with E-state index >= 15 is 0 Å². The fourth-order valence-electron chi connectivity index (χ4n) is 11.2. The third-order valence-electron chi connectivity index (χ3n) is 15.2. The Bertz CT molecular complexity index is 3340. The number of nitrogens with one attached hydrogen (secondary N) is 1. The van der Waals surface area contributed by atoms with Crippen molar-refractivity contribution in [3.8, 4) is 52.0 Å². The van der Waals surface area contributed by atoms with E-state index in [2.05, 4.69) is 57.3 Å². The van der Waals surface area contributed by atoms with Crippen LogP contribution in [0.4, 0.5) is 17.2 Å². The van der Waals surface area contributed by atoms with E-state index in [1.54, 1.807) is 53.6 Å². The normalized spacial score (nSPS) is 21.2. The van der Waals surface area contributed by atoms with Gasteiger partial charge in [0.25, 0.3) is 5.88 Å². The van der Waals surface area contributed by atoms with Gasteiger partial charge in [0.2, 0.25) is 17.7 Å². The van der Waals surface area contributed by atoms with Crippen LogP contribution >= 0.6 is 0 Å². The first-order valence-corrected chi connectivity index (χ1v) is 26.7. The number of benzene rings is 2. The number of phenolic OH excluding ortho intramolecular Hbond substituents is 1. The third-order valence-corrected chi connectivity index (χ3v) is 15.2. The largest absolute Gasteiger partial charge is 0.507 e. The molecule has 7 aromatic rings. The molecule has 0 spiro atoms. The summed E-state index contributed by atoms with van der Waals surface area (Å²) in [4.78, 5) is 47.3. The minimum Gasteiger partial charge on any atom is -0.507 e. The molecule has 5 aromatic heterocycles. The van der Waals surface area contributed by atoms with Crippen LogP contribution in [-0.2, 0) is 16.2 Å². The number of β-amino-alcohol motifs (C(OH)–C–C–N with tert-alkyl or cyclic N) is 1. The Morgan fingerprint density at radius 1 is 0.861 bits per heavy atom. The molecule has 79 heavy (non-hydrogen) atoms. The molecule has 4 fully saturated rings. The molecule has 4 aliphatic rings. The number of ether oxygens (including phenoxy) is 3. The highest BCUT2D eigenvalue weighted by Gasteiger charge is 2.44. The lowest BCUT2D eigenvalue weighted by atomic mass is 9.91. The molecule has 11 rings (SSSR count). The minimum atomic E-state index is -0.894. The van der Waals surface area contributed by atoms with Gasteiger partial charge < -0.3 is 64.4 Å². The Hall–Kier alpha value is -8.74. The van der Waals surface area contributed by atoms with E-state index in [9.17, 15) is 24.9 Å². The summed E-state index contributed by atoms with van der Waals surface area (Å²) in [6.45, 7) is 6.91. The number of hydrogen-bond donors (Lipinski definition) is 5. The van der Waals surface area contributed by atoms with Gasteiger partial charge in [-0.05, 0) is 90.9 Å². The number of phenols is 1. The summed E-state index contributed by atoms with van der Waals surface area (Å²) in [5, 5.41) is 46.3. The van der Waals surface area contributed by atoms with Gasteiger partial charge in [0.15, 0.2) is 18.2 Å². The molecule has 1 saturated carbocycles. The van der Waals surface area contributed by atoms with Crippen LogP contribution in [0.15, 0.2) is 114 Å². The van der Waals surface area contributed by atoms with Gasteiger partial charge in [0, 0.05) is 98.6 Å². The predicted octanol–water partition coefficient (Wildman–Crippen LogP) is 5.74. The van der Waals surface area contributed by atoms with E-state index in [-0.39, 0.29) is 85.6 Å². The number of imidazole rings is 1. The van der Waals surface area contributed by atoms with Gasteiger partial charge in [0.1, 0.15) is 53.8 Å². The molecule has 2 amide bonds. The number of aliphatic hydroxyl groups is 2. The van der Waals surface area contributed by atoms with Crippen molar-refractivity contribution in [3.05, 3.63) is 133 Å². The lowest BCUT2D eigenvalue weighted by Crippen LogP contribution is -2.54. The topological polar surface area (TPSA) is 266 Å². The second kappa shape index (κ2) is 22.7. The van der Waals surface area contributed by atoms with Crippen LogP contribution in [0.5, 0.6) is 23.3 Å². The Kier molecular flexibility index (Phi) is 15.0. The number of amides is 2. The molecular formula is C58H62N12O9. The fourth-order valence-corrected chi connectivity index (χ4v) is 11.2. The van der Waals surface area contributed by atoms with Gasteiger partial charge in [-0.25, -0.2) is 15.0 Å². The van der Waals surface area contributed by atoms with Crippen molar-refractivity contribution < 1.29 is 43.6 Å². The van der Waals surface area contributed by atoms with E-state index in [0.29, 0.717) is 53.1 Å². The van der Waals surface area contributed by atoms with E-state index in [1.165, 1.54) is 4.90 Å². The number of aromatic nitrogens is 7. The summed E-state index contributed by atoms with van der Waals surface area (Å²) < 4.78 is 25.7. The monoisotopic (exact) mass is 1070 g/mol. The zero-order valence-electron chi connectivity index (χ0n) is 44.0. The van der Waals surface area contributed by atoms with Gasteiger partial charge >= 0.3 is 0 Å². The molecule has 21 heteroatoms. The average molecular weight is 1070 g/mol. The van der Waals surface area contributed by atoms with Crippen molar-refractivity contribution >= 4 is 29.0 Å². The molecule has 6 atom stereocenters. The van der Waals surface area contributed by atoms with Gasteiger partial charge in [-0.15, -0.1) is 10.2 Å². The van der Waals surface area contributed by atoms with Crippen LogP contribution in [0, 0.1) is 17.8 Å². The molecule has 2 bridgehead atoms. The van der Waals surface area contributed by atoms with Gasteiger partial charge in [-0.1, -0.05) is 44.0 Å². The number of likely N-dealkylation sites (tertiary alicyclic amines) is 1. The van der Waals surface area contributed by atoms with E-state index < -0.39 is 24.1 Å². The summed E-state index contributed by atoms with van der Waals surface area (Å²) in [5.74, 6) is 6.81. The minimum absolute atomic E-state index is 0.00177. The van der Waals surface area contributed by atoms with Crippen molar-refractivity contribution in [2.45, 2.75) is 108 Å². The Labute approximate surface area is 456 Å². The van der Waals surface area contributed by atoms with Gasteiger partial charge in [-0.2, -0.15) is 0 Å². The predicted molar refractivity (Wildman–Crippen MR) is 290 cm³/mol. The number of aromatic hydroxyl groups is 1. The number of pyridine rings is 2. The molecule has 2 aromatic carbocycles. The highest BCUT2D eigenvalue weighted by atomic mass is 16.5. The average Bonchev–Trinajstić information content (AvgIpc) is 4.45. The Morgan fingerprint density at radius 3 is 2.39 bits per heavy atom.